The topological polar surface area (TPSA) is 41.6 Å². The average molecular weight is 212 g/mol. The second-order valence-corrected chi connectivity index (χ2v) is 4.55. The van der Waals surface area contributed by atoms with Crippen LogP contribution in [0.15, 0.2) is 0 Å². The van der Waals surface area contributed by atoms with Crippen LogP contribution in [0.2, 0.25) is 5.15 Å². The molecule has 0 aromatic carbocycles. The third kappa shape index (κ3) is 1.76. The number of nitrogens with zero attached hydrogens (tertiary/aromatic N) is 3. The molecule has 0 spiro atoms. The summed E-state index contributed by atoms with van der Waals surface area (Å²) < 4.78 is 1.65. The Morgan fingerprint density at radius 2 is 2.07 bits per heavy atom. The Morgan fingerprint density at radius 3 is 2.36 bits per heavy atom. The molecule has 3 nitrogen and oxygen atoms in total. The summed E-state index contributed by atoms with van der Waals surface area (Å²) in [4.78, 5) is 0. The van der Waals surface area contributed by atoms with Crippen LogP contribution in [0, 0.1) is 11.3 Å². The van der Waals surface area contributed by atoms with Crippen molar-refractivity contribution in [2.75, 3.05) is 0 Å². The van der Waals surface area contributed by atoms with Crippen molar-refractivity contribution in [3.05, 3.63) is 16.4 Å². The van der Waals surface area contributed by atoms with Crippen molar-refractivity contribution in [1.82, 2.24) is 9.78 Å². The minimum Gasteiger partial charge on any atom is -0.253 e. The van der Waals surface area contributed by atoms with Gasteiger partial charge in [0.15, 0.2) is 0 Å². The second kappa shape index (κ2) is 3.62. The lowest BCUT2D eigenvalue weighted by molar-refractivity contribution is 0.540. The lowest BCUT2D eigenvalue weighted by atomic mass is 9.90. The van der Waals surface area contributed by atoms with Crippen LogP contribution < -0.4 is 0 Å². The minimum atomic E-state index is -0.144. The van der Waals surface area contributed by atoms with E-state index < -0.39 is 0 Å². The highest BCUT2D eigenvalue weighted by Crippen LogP contribution is 2.29. The molecular formula is C10H14ClN3. The Labute approximate surface area is 89.3 Å². The smallest absolute Gasteiger partial charge is 0.145 e. The van der Waals surface area contributed by atoms with Crippen LogP contribution in [0.1, 0.15) is 39.0 Å². The normalized spacial score (nSPS) is 11.4. The van der Waals surface area contributed by atoms with E-state index in [0.29, 0.717) is 17.3 Å². The number of hydrogen-bond acceptors (Lipinski definition) is 2. The molecule has 0 amide bonds. The van der Waals surface area contributed by atoms with Crippen LogP contribution in [0.25, 0.3) is 0 Å². The third-order valence-corrected chi connectivity index (χ3v) is 2.40. The van der Waals surface area contributed by atoms with Crippen molar-refractivity contribution in [3.8, 4) is 6.07 Å². The van der Waals surface area contributed by atoms with E-state index in [1.54, 1.807) is 4.68 Å². The zero-order valence-electron chi connectivity index (χ0n) is 8.93. The molecule has 0 unspecified atom stereocenters. The summed E-state index contributed by atoms with van der Waals surface area (Å²) in [6.45, 7) is 8.70. The summed E-state index contributed by atoms with van der Waals surface area (Å²) in [6, 6.07) is 2.11. The van der Waals surface area contributed by atoms with E-state index in [4.69, 9.17) is 16.9 Å². The standard InChI is InChI=1S/C10H14ClN3/c1-5-14-9(11)7(6-12)8(13-14)10(2,3)4/h5H2,1-4H3. The van der Waals surface area contributed by atoms with Gasteiger partial charge in [-0.15, -0.1) is 0 Å². The quantitative estimate of drug-likeness (QED) is 0.717. The van der Waals surface area contributed by atoms with Gasteiger partial charge in [0.2, 0.25) is 0 Å². The number of halogens is 1. The van der Waals surface area contributed by atoms with Gasteiger partial charge in [-0.25, -0.2) is 0 Å². The molecule has 0 saturated heterocycles. The lowest BCUT2D eigenvalue weighted by Gasteiger charge is -2.14. The van der Waals surface area contributed by atoms with Crippen molar-refractivity contribution in [3.63, 3.8) is 0 Å². The molecule has 0 saturated carbocycles. The van der Waals surface area contributed by atoms with Crippen molar-refractivity contribution < 1.29 is 0 Å². The van der Waals surface area contributed by atoms with Gasteiger partial charge in [0.1, 0.15) is 16.8 Å². The predicted molar refractivity (Wildman–Crippen MR) is 56.3 cm³/mol. The first-order valence-electron chi connectivity index (χ1n) is 4.58. The Morgan fingerprint density at radius 1 is 1.50 bits per heavy atom. The van der Waals surface area contributed by atoms with Crippen LogP contribution in [-0.4, -0.2) is 9.78 Å². The first-order valence-corrected chi connectivity index (χ1v) is 4.96. The Kier molecular flexibility index (Phi) is 2.86. The first kappa shape index (κ1) is 11.1. The van der Waals surface area contributed by atoms with Crippen LogP contribution in [0.5, 0.6) is 0 Å². The molecule has 1 aromatic rings. The van der Waals surface area contributed by atoms with E-state index in [9.17, 15) is 0 Å². The van der Waals surface area contributed by atoms with Crippen molar-refractivity contribution in [2.24, 2.45) is 0 Å². The maximum atomic E-state index is 8.98. The minimum absolute atomic E-state index is 0.144. The van der Waals surface area contributed by atoms with Gasteiger partial charge in [0, 0.05) is 12.0 Å². The fourth-order valence-corrected chi connectivity index (χ4v) is 1.56. The maximum absolute atomic E-state index is 8.98. The second-order valence-electron chi connectivity index (χ2n) is 4.19. The highest BCUT2D eigenvalue weighted by Gasteiger charge is 2.25. The fourth-order valence-electron chi connectivity index (χ4n) is 1.27. The molecule has 0 atom stereocenters. The lowest BCUT2D eigenvalue weighted by Crippen LogP contribution is -2.14. The van der Waals surface area contributed by atoms with E-state index >= 15 is 0 Å². The van der Waals surface area contributed by atoms with Crippen LogP contribution >= 0.6 is 11.6 Å². The predicted octanol–water partition coefficient (Wildman–Crippen LogP) is 2.73. The molecule has 0 N–H and O–H groups in total. The molecule has 0 aliphatic rings. The largest absolute Gasteiger partial charge is 0.253 e. The number of nitriles is 1. The third-order valence-electron chi connectivity index (χ3n) is 2.01. The van der Waals surface area contributed by atoms with Gasteiger partial charge in [0.05, 0.1) is 5.69 Å². The molecule has 0 fully saturated rings. The zero-order valence-corrected chi connectivity index (χ0v) is 9.68. The summed E-state index contributed by atoms with van der Waals surface area (Å²) >= 11 is 6.01. The molecule has 0 aliphatic heterocycles. The number of rotatable bonds is 1. The van der Waals surface area contributed by atoms with Gasteiger partial charge in [-0.1, -0.05) is 32.4 Å². The van der Waals surface area contributed by atoms with Gasteiger partial charge in [-0.3, -0.25) is 4.68 Å². The fraction of sp³-hybridized carbons (Fsp3) is 0.600. The van der Waals surface area contributed by atoms with Crippen molar-refractivity contribution in [2.45, 2.75) is 39.7 Å². The number of aromatic nitrogens is 2. The van der Waals surface area contributed by atoms with Crippen molar-refractivity contribution in [1.29, 1.82) is 5.26 Å². The Bertz CT molecular complexity index is 379. The summed E-state index contributed by atoms with van der Waals surface area (Å²) in [6.07, 6.45) is 0. The monoisotopic (exact) mass is 211 g/mol. The van der Waals surface area contributed by atoms with E-state index in [-0.39, 0.29) is 5.41 Å². The SMILES string of the molecule is CCn1nc(C(C)(C)C)c(C#N)c1Cl. The van der Waals surface area contributed by atoms with E-state index in [0.717, 1.165) is 5.69 Å². The molecule has 0 aliphatic carbocycles. The Balaban J connectivity index is 3.39. The summed E-state index contributed by atoms with van der Waals surface area (Å²) in [5.41, 5.74) is 1.13. The first-order chi connectivity index (χ1) is 6.41. The molecule has 0 bridgehead atoms. The maximum Gasteiger partial charge on any atom is 0.145 e. The van der Waals surface area contributed by atoms with Gasteiger partial charge < -0.3 is 0 Å². The van der Waals surface area contributed by atoms with Gasteiger partial charge in [-0.05, 0) is 6.92 Å². The average Bonchev–Trinajstić information content (AvgIpc) is 2.41. The van der Waals surface area contributed by atoms with E-state index in [1.807, 2.05) is 27.7 Å². The van der Waals surface area contributed by atoms with Crippen LogP contribution in [0.3, 0.4) is 0 Å². The van der Waals surface area contributed by atoms with E-state index in [1.165, 1.54) is 0 Å². The molecule has 1 aromatic heterocycles. The summed E-state index contributed by atoms with van der Waals surface area (Å²) in [5, 5.41) is 13.8. The molecule has 76 valence electrons. The Hall–Kier alpha value is -1.01. The zero-order chi connectivity index (χ0) is 10.9. The van der Waals surface area contributed by atoms with E-state index in [2.05, 4.69) is 11.2 Å². The highest BCUT2D eigenvalue weighted by atomic mass is 35.5. The van der Waals surface area contributed by atoms with Crippen LogP contribution in [0.4, 0.5) is 0 Å². The van der Waals surface area contributed by atoms with Crippen molar-refractivity contribution >= 4 is 11.6 Å². The molecule has 1 rings (SSSR count). The molecule has 14 heavy (non-hydrogen) atoms. The molecule has 1 heterocycles. The number of hydrogen-bond donors (Lipinski definition) is 0. The van der Waals surface area contributed by atoms with Crippen LogP contribution in [-0.2, 0) is 12.0 Å². The highest BCUT2D eigenvalue weighted by molar-refractivity contribution is 6.30. The van der Waals surface area contributed by atoms with Gasteiger partial charge >= 0.3 is 0 Å². The summed E-state index contributed by atoms with van der Waals surface area (Å²) in [7, 11) is 0. The molecule has 4 heteroatoms. The molecular weight excluding hydrogens is 198 g/mol. The number of aryl methyl sites for hydroxylation is 1. The molecule has 0 radical (unpaired) electrons. The van der Waals surface area contributed by atoms with Gasteiger partial charge in [-0.2, -0.15) is 10.4 Å². The summed E-state index contributed by atoms with van der Waals surface area (Å²) in [5.74, 6) is 0. The van der Waals surface area contributed by atoms with Gasteiger partial charge in [0.25, 0.3) is 0 Å².